The predicted octanol–water partition coefficient (Wildman–Crippen LogP) is 1.92. The molecule has 0 saturated heterocycles. The van der Waals surface area contributed by atoms with E-state index in [0.717, 1.165) is 18.5 Å². The number of aromatic nitrogens is 2. The lowest BCUT2D eigenvalue weighted by molar-refractivity contribution is 0.598. The minimum absolute atomic E-state index is 0.0928. The summed E-state index contributed by atoms with van der Waals surface area (Å²) in [5.41, 5.74) is 1.98. The Morgan fingerprint density at radius 1 is 1.32 bits per heavy atom. The number of pyridine rings is 1. The summed E-state index contributed by atoms with van der Waals surface area (Å²) < 4.78 is 24.6. The van der Waals surface area contributed by atoms with Crippen LogP contribution >= 0.6 is 0 Å². The van der Waals surface area contributed by atoms with Crippen molar-refractivity contribution in [3.05, 3.63) is 42.4 Å². The molecule has 2 rings (SSSR count). The second kappa shape index (κ2) is 5.44. The SMILES string of the molecule is CCn1ccc(CNc2ccc(S(C)(=O)=O)nc2)c1. The van der Waals surface area contributed by atoms with E-state index >= 15 is 0 Å². The lowest BCUT2D eigenvalue weighted by Crippen LogP contribution is -2.03. The molecular formula is C13H17N3O2S. The van der Waals surface area contributed by atoms with E-state index in [1.807, 2.05) is 6.20 Å². The van der Waals surface area contributed by atoms with Crippen molar-refractivity contribution in [2.24, 2.45) is 0 Å². The molecule has 102 valence electrons. The summed E-state index contributed by atoms with van der Waals surface area (Å²) in [4.78, 5) is 3.93. The third kappa shape index (κ3) is 3.57. The second-order valence-corrected chi connectivity index (χ2v) is 6.32. The van der Waals surface area contributed by atoms with Gasteiger partial charge in [-0.25, -0.2) is 13.4 Å². The maximum atomic E-state index is 11.3. The highest BCUT2D eigenvalue weighted by Crippen LogP contribution is 2.12. The summed E-state index contributed by atoms with van der Waals surface area (Å²) in [6, 6.07) is 5.28. The average molecular weight is 279 g/mol. The molecule has 0 saturated carbocycles. The molecule has 5 nitrogen and oxygen atoms in total. The van der Waals surface area contributed by atoms with Crippen LogP contribution < -0.4 is 5.32 Å². The lowest BCUT2D eigenvalue weighted by atomic mass is 10.3. The molecule has 0 amide bonds. The van der Waals surface area contributed by atoms with Crippen molar-refractivity contribution in [1.82, 2.24) is 9.55 Å². The highest BCUT2D eigenvalue weighted by Gasteiger charge is 2.07. The van der Waals surface area contributed by atoms with Crippen molar-refractivity contribution < 1.29 is 8.42 Å². The van der Waals surface area contributed by atoms with Crippen LogP contribution in [0.5, 0.6) is 0 Å². The molecule has 0 aliphatic rings. The van der Waals surface area contributed by atoms with Crippen LogP contribution in [0.25, 0.3) is 0 Å². The van der Waals surface area contributed by atoms with Crippen molar-refractivity contribution >= 4 is 15.5 Å². The fraction of sp³-hybridized carbons (Fsp3) is 0.308. The molecule has 0 fully saturated rings. The Morgan fingerprint density at radius 3 is 2.63 bits per heavy atom. The Morgan fingerprint density at radius 2 is 2.11 bits per heavy atom. The average Bonchev–Trinajstić information content (AvgIpc) is 2.84. The maximum Gasteiger partial charge on any atom is 0.192 e. The van der Waals surface area contributed by atoms with Crippen LogP contribution in [0.2, 0.25) is 0 Å². The molecule has 0 unspecified atom stereocenters. The van der Waals surface area contributed by atoms with E-state index in [1.54, 1.807) is 6.07 Å². The van der Waals surface area contributed by atoms with Crippen LogP contribution in [0, 0.1) is 0 Å². The third-order valence-electron chi connectivity index (χ3n) is 2.79. The fourth-order valence-corrected chi connectivity index (χ4v) is 2.26. The fourth-order valence-electron chi connectivity index (χ4n) is 1.70. The van der Waals surface area contributed by atoms with Gasteiger partial charge in [0.05, 0.1) is 11.9 Å². The minimum atomic E-state index is -3.23. The highest BCUT2D eigenvalue weighted by atomic mass is 32.2. The molecule has 19 heavy (non-hydrogen) atoms. The van der Waals surface area contributed by atoms with Gasteiger partial charge in [-0.3, -0.25) is 0 Å². The van der Waals surface area contributed by atoms with Crippen LogP contribution in [0.3, 0.4) is 0 Å². The number of rotatable bonds is 5. The summed E-state index contributed by atoms with van der Waals surface area (Å²) in [6.07, 6.45) is 6.79. The topological polar surface area (TPSA) is 64.0 Å². The first-order valence-electron chi connectivity index (χ1n) is 6.03. The Balaban J connectivity index is 2.00. The van der Waals surface area contributed by atoms with Crippen molar-refractivity contribution in [1.29, 1.82) is 0 Å². The number of nitrogens with zero attached hydrogens (tertiary/aromatic N) is 2. The zero-order valence-electron chi connectivity index (χ0n) is 11.0. The molecule has 0 atom stereocenters. The monoisotopic (exact) mass is 279 g/mol. The van der Waals surface area contributed by atoms with E-state index in [-0.39, 0.29) is 5.03 Å². The molecule has 0 radical (unpaired) electrons. The van der Waals surface area contributed by atoms with E-state index in [2.05, 4.69) is 34.1 Å². The Labute approximate surface area is 113 Å². The number of hydrogen-bond donors (Lipinski definition) is 1. The van der Waals surface area contributed by atoms with Gasteiger partial charge in [-0.2, -0.15) is 0 Å². The van der Waals surface area contributed by atoms with E-state index in [9.17, 15) is 8.42 Å². The van der Waals surface area contributed by atoms with Crippen molar-refractivity contribution in [2.45, 2.75) is 25.0 Å². The van der Waals surface area contributed by atoms with Crippen molar-refractivity contribution in [3.63, 3.8) is 0 Å². The quantitative estimate of drug-likeness (QED) is 0.908. The van der Waals surface area contributed by atoms with Crippen molar-refractivity contribution in [3.8, 4) is 0 Å². The van der Waals surface area contributed by atoms with Gasteiger partial charge in [-0.05, 0) is 30.7 Å². The summed E-state index contributed by atoms with van der Waals surface area (Å²) in [7, 11) is -3.23. The van der Waals surface area contributed by atoms with Crippen LogP contribution in [0.15, 0.2) is 41.8 Å². The largest absolute Gasteiger partial charge is 0.380 e. The second-order valence-electron chi connectivity index (χ2n) is 4.36. The van der Waals surface area contributed by atoms with E-state index in [4.69, 9.17) is 0 Å². The zero-order valence-corrected chi connectivity index (χ0v) is 11.8. The molecule has 0 aliphatic carbocycles. The standard InChI is InChI=1S/C13H17N3O2S/c1-3-16-7-6-11(10-16)8-14-12-4-5-13(15-9-12)19(2,17)18/h4-7,9-10,14H,3,8H2,1-2H3. The Bertz CT molecular complexity index is 645. The van der Waals surface area contributed by atoms with E-state index < -0.39 is 9.84 Å². The van der Waals surface area contributed by atoms with Gasteiger partial charge in [0.25, 0.3) is 0 Å². The van der Waals surface area contributed by atoms with Gasteiger partial charge in [-0.15, -0.1) is 0 Å². The molecule has 0 aliphatic heterocycles. The number of sulfone groups is 1. The summed E-state index contributed by atoms with van der Waals surface area (Å²) in [5, 5.41) is 3.30. The molecule has 0 spiro atoms. The van der Waals surface area contributed by atoms with Gasteiger partial charge in [0, 0.05) is 31.7 Å². The first-order chi connectivity index (χ1) is 8.99. The zero-order chi connectivity index (χ0) is 13.9. The molecule has 1 N–H and O–H groups in total. The number of aryl methyl sites for hydroxylation is 1. The summed E-state index contributed by atoms with van der Waals surface area (Å²) in [5.74, 6) is 0. The minimum Gasteiger partial charge on any atom is -0.380 e. The molecule has 2 aromatic rings. The van der Waals surface area contributed by atoms with Gasteiger partial charge in [0.1, 0.15) is 0 Å². The van der Waals surface area contributed by atoms with Gasteiger partial charge in [-0.1, -0.05) is 0 Å². The van der Waals surface area contributed by atoms with E-state index in [0.29, 0.717) is 6.54 Å². The first kappa shape index (κ1) is 13.6. The predicted molar refractivity (Wildman–Crippen MR) is 74.8 cm³/mol. The van der Waals surface area contributed by atoms with Gasteiger partial charge < -0.3 is 9.88 Å². The maximum absolute atomic E-state index is 11.3. The summed E-state index contributed by atoms with van der Waals surface area (Å²) >= 11 is 0. The van der Waals surface area contributed by atoms with Crippen LogP contribution in [0.1, 0.15) is 12.5 Å². The molecule has 0 aromatic carbocycles. The third-order valence-corrected chi connectivity index (χ3v) is 3.79. The van der Waals surface area contributed by atoms with Crippen LogP contribution in [0.4, 0.5) is 5.69 Å². The van der Waals surface area contributed by atoms with Gasteiger partial charge in [0.15, 0.2) is 14.9 Å². The molecule has 6 heteroatoms. The number of nitrogens with one attached hydrogen (secondary N) is 1. The Hall–Kier alpha value is -1.82. The molecule has 0 bridgehead atoms. The number of anilines is 1. The van der Waals surface area contributed by atoms with Crippen molar-refractivity contribution in [2.75, 3.05) is 11.6 Å². The molecule has 2 heterocycles. The van der Waals surface area contributed by atoms with Crippen LogP contribution in [-0.2, 0) is 22.9 Å². The van der Waals surface area contributed by atoms with Gasteiger partial charge >= 0.3 is 0 Å². The summed E-state index contributed by atoms with van der Waals surface area (Å²) in [6.45, 7) is 3.72. The Kier molecular flexibility index (Phi) is 3.90. The normalized spacial score (nSPS) is 11.5. The highest BCUT2D eigenvalue weighted by molar-refractivity contribution is 7.90. The number of hydrogen-bond acceptors (Lipinski definition) is 4. The van der Waals surface area contributed by atoms with E-state index in [1.165, 1.54) is 17.8 Å². The lowest BCUT2D eigenvalue weighted by Gasteiger charge is -2.05. The smallest absolute Gasteiger partial charge is 0.192 e. The molecular weight excluding hydrogens is 262 g/mol. The van der Waals surface area contributed by atoms with Crippen LogP contribution in [-0.4, -0.2) is 24.2 Å². The molecule has 2 aromatic heterocycles. The van der Waals surface area contributed by atoms with Gasteiger partial charge in [0.2, 0.25) is 0 Å². The first-order valence-corrected chi connectivity index (χ1v) is 7.93.